The van der Waals surface area contributed by atoms with Gasteiger partial charge in [-0.1, -0.05) is 0 Å². The molecule has 1 heterocycles. The smallest absolute Gasteiger partial charge is 0.191 e. The highest BCUT2D eigenvalue weighted by Crippen LogP contribution is 2.16. The molecule has 0 amide bonds. The van der Waals surface area contributed by atoms with Gasteiger partial charge in [0, 0.05) is 17.6 Å². The maximum atomic E-state index is 5.69. The molecule has 0 saturated carbocycles. The number of hydrogen-bond acceptors (Lipinski definition) is 5. The van der Waals surface area contributed by atoms with Crippen LogP contribution in [0.5, 0.6) is 11.5 Å². The van der Waals surface area contributed by atoms with Crippen LogP contribution in [-0.4, -0.2) is 37.7 Å². The van der Waals surface area contributed by atoms with Crippen LogP contribution in [0.3, 0.4) is 0 Å². The Balaban J connectivity index is 1.75. The lowest BCUT2D eigenvalue weighted by molar-refractivity contribution is 0.321. The number of guanidine groups is 1. The van der Waals surface area contributed by atoms with E-state index in [2.05, 4.69) is 20.6 Å². The molecule has 0 fully saturated rings. The van der Waals surface area contributed by atoms with E-state index in [0.29, 0.717) is 19.7 Å². The third-order valence-corrected chi connectivity index (χ3v) is 4.01. The van der Waals surface area contributed by atoms with E-state index < -0.39 is 0 Å². The van der Waals surface area contributed by atoms with Crippen LogP contribution in [0.1, 0.15) is 16.8 Å². The predicted molar refractivity (Wildman–Crippen MR) is 98.2 cm³/mol. The Morgan fingerprint density at radius 2 is 1.96 bits per heavy atom. The number of thiazole rings is 1. The number of nitrogens with zero attached hydrogens (tertiary/aromatic N) is 2. The van der Waals surface area contributed by atoms with E-state index in [0.717, 1.165) is 29.0 Å². The zero-order valence-electron chi connectivity index (χ0n) is 14.3. The number of aliphatic imine (C=N–C) groups is 1. The second kappa shape index (κ2) is 9.77. The monoisotopic (exact) mass is 348 g/mol. The molecule has 1 aromatic heterocycles. The molecule has 0 aliphatic carbocycles. The van der Waals surface area contributed by atoms with Crippen LogP contribution in [0.4, 0.5) is 0 Å². The summed E-state index contributed by atoms with van der Waals surface area (Å²) in [5, 5.41) is 7.49. The molecule has 0 aliphatic heterocycles. The van der Waals surface area contributed by atoms with Gasteiger partial charge in [-0.05, 0) is 38.1 Å². The van der Waals surface area contributed by atoms with E-state index in [1.807, 2.05) is 44.3 Å². The van der Waals surface area contributed by atoms with Gasteiger partial charge in [-0.2, -0.15) is 0 Å². The lowest BCUT2D eigenvalue weighted by Gasteiger charge is -2.12. The lowest BCUT2D eigenvalue weighted by atomic mass is 10.3. The van der Waals surface area contributed by atoms with Crippen LogP contribution in [0, 0.1) is 6.92 Å². The van der Waals surface area contributed by atoms with Gasteiger partial charge < -0.3 is 20.1 Å². The Bertz CT molecular complexity index is 640. The average Bonchev–Trinajstić information content (AvgIpc) is 3.02. The molecule has 7 heteroatoms. The highest BCUT2D eigenvalue weighted by atomic mass is 32.1. The van der Waals surface area contributed by atoms with Crippen molar-refractivity contribution in [1.29, 1.82) is 0 Å². The van der Waals surface area contributed by atoms with Crippen LogP contribution >= 0.6 is 11.3 Å². The molecule has 0 atom stereocenters. The van der Waals surface area contributed by atoms with Crippen molar-refractivity contribution >= 4 is 17.3 Å². The fraction of sp³-hybridized carbons (Fsp3) is 0.412. The first-order chi connectivity index (χ1) is 11.7. The Labute approximate surface area is 146 Å². The molecule has 24 heavy (non-hydrogen) atoms. The van der Waals surface area contributed by atoms with Gasteiger partial charge in [0.2, 0.25) is 0 Å². The second-order valence-corrected chi connectivity index (χ2v) is 6.33. The summed E-state index contributed by atoms with van der Waals surface area (Å²) < 4.78 is 10.8. The molecule has 0 unspecified atom stereocenters. The molecule has 130 valence electrons. The summed E-state index contributed by atoms with van der Waals surface area (Å²) in [7, 11) is 1.65. The summed E-state index contributed by atoms with van der Waals surface area (Å²) in [6.45, 7) is 6.68. The third-order valence-electron chi connectivity index (χ3n) is 3.11. The molecule has 2 N–H and O–H groups in total. The van der Waals surface area contributed by atoms with Crippen molar-refractivity contribution in [3.63, 3.8) is 0 Å². The highest BCUT2D eigenvalue weighted by molar-refractivity contribution is 7.11. The Morgan fingerprint density at radius 1 is 1.21 bits per heavy atom. The fourth-order valence-electron chi connectivity index (χ4n) is 1.97. The standard InChI is InChI=1S/C17H24N4O2S/c1-4-18-17(21-12-16-20-11-13(2)24-16)19-9-10-23-15-7-5-14(22-3)6-8-15/h5-8,11H,4,9-10,12H2,1-3H3,(H2,18,19,21). The van der Waals surface area contributed by atoms with Gasteiger partial charge in [0.25, 0.3) is 0 Å². The van der Waals surface area contributed by atoms with E-state index in [-0.39, 0.29) is 0 Å². The van der Waals surface area contributed by atoms with Gasteiger partial charge in [-0.25, -0.2) is 9.98 Å². The van der Waals surface area contributed by atoms with Crippen LogP contribution < -0.4 is 20.1 Å². The minimum Gasteiger partial charge on any atom is -0.497 e. The summed E-state index contributed by atoms with van der Waals surface area (Å²) in [6, 6.07) is 7.54. The molecule has 0 spiro atoms. The lowest BCUT2D eigenvalue weighted by Crippen LogP contribution is -2.39. The van der Waals surface area contributed by atoms with Crippen molar-refractivity contribution in [2.24, 2.45) is 4.99 Å². The molecule has 0 saturated heterocycles. The zero-order chi connectivity index (χ0) is 17.2. The minimum absolute atomic E-state index is 0.549. The molecule has 1 aromatic carbocycles. The van der Waals surface area contributed by atoms with Gasteiger partial charge in [0.05, 0.1) is 20.2 Å². The summed E-state index contributed by atoms with van der Waals surface area (Å²) in [5.41, 5.74) is 0. The van der Waals surface area contributed by atoms with Crippen molar-refractivity contribution < 1.29 is 9.47 Å². The maximum Gasteiger partial charge on any atom is 0.191 e. The van der Waals surface area contributed by atoms with E-state index in [4.69, 9.17) is 9.47 Å². The molecule has 0 bridgehead atoms. The molecule has 6 nitrogen and oxygen atoms in total. The predicted octanol–water partition coefficient (Wildman–Crippen LogP) is 2.59. The normalized spacial score (nSPS) is 11.2. The topological polar surface area (TPSA) is 67.8 Å². The Kier molecular flexibility index (Phi) is 7.35. The molecule has 0 radical (unpaired) electrons. The van der Waals surface area contributed by atoms with Crippen molar-refractivity contribution in [3.8, 4) is 11.5 Å². The number of hydrogen-bond donors (Lipinski definition) is 2. The number of aromatic nitrogens is 1. The zero-order valence-corrected chi connectivity index (χ0v) is 15.2. The second-order valence-electron chi connectivity index (χ2n) is 5.01. The molecule has 2 aromatic rings. The number of methoxy groups -OCH3 is 1. The van der Waals surface area contributed by atoms with Crippen LogP contribution in [-0.2, 0) is 6.54 Å². The van der Waals surface area contributed by atoms with Crippen molar-refractivity contribution in [3.05, 3.63) is 40.3 Å². The number of nitrogens with one attached hydrogen (secondary N) is 2. The van der Waals surface area contributed by atoms with Gasteiger partial charge in [-0.15, -0.1) is 11.3 Å². The first-order valence-electron chi connectivity index (χ1n) is 7.91. The van der Waals surface area contributed by atoms with Crippen LogP contribution in [0.15, 0.2) is 35.5 Å². The fourth-order valence-corrected chi connectivity index (χ4v) is 2.68. The summed E-state index contributed by atoms with van der Waals surface area (Å²) in [6.07, 6.45) is 1.87. The first-order valence-corrected chi connectivity index (χ1v) is 8.73. The van der Waals surface area contributed by atoms with E-state index in [1.54, 1.807) is 18.4 Å². The average molecular weight is 348 g/mol. The van der Waals surface area contributed by atoms with Gasteiger partial charge in [0.1, 0.15) is 23.1 Å². The van der Waals surface area contributed by atoms with Gasteiger partial charge in [0.15, 0.2) is 5.96 Å². The van der Waals surface area contributed by atoms with Crippen LogP contribution in [0.2, 0.25) is 0 Å². The number of aryl methyl sites for hydroxylation is 1. The molecular formula is C17H24N4O2S. The van der Waals surface area contributed by atoms with E-state index in [9.17, 15) is 0 Å². The quantitative estimate of drug-likeness (QED) is 0.436. The largest absolute Gasteiger partial charge is 0.497 e. The minimum atomic E-state index is 0.549. The highest BCUT2D eigenvalue weighted by Gasteiger charge is 2.01. The third kappa shape index (κ3) is 6.08. The molecular weight excluding hydrogens is 324 g/mol. The number of benzene rings is 1. The van der Waals surface area contributed by atoms with E-state index in [1.165, 1.54) is 4.88 Å². The van der Waals surface area contributed by atoms with Crippen molar-refractivity contribution in [1.82, 2.24) is 15.6 Å². The Hall–Kier alpha value is -2.28. The summed E-state index contributed by atoms with van der Waals surface area (Å²) in [4.78, 5) is 10.1. The maximum absolute atomic E-state index is 5.69. The molecule has 2 rings (SSSR count). The molecule has 0 aliphatic rings. The van der Waals surface area contributed by atoms with Gasteiger partial charge in [-0.3, -0.25) is 0 Å². The summed E-state index contributed by atoms with van der Waals surface area (Å²) in [5.74, 6) is 2.40. The van der Waals surface area contributed by atoms with Crippen LogP contribution in [0.25, 0.3) is 0 Å². The van der Waals surface area contributed by atoms with Gasteiger partial charge >= 0.3 is 0 Å². The Morgan fingerprint density at radius 3 is 2.58 bits per heavy atom. The first kappa shape index (κ1) is 18.1. The summed E-state index contributed by atoms with van der Waals surface area (Å²) >= 11 is 1.67. The van der Waals surface area contributed by atoms with Crippen molar-refractivity contribution in [2.75, 3.05) is 26.8 Å². The number of ether oxygens (including phenoxy) is 2. The SMILES string of the molecule is CCNC(=NCc1ncc(C)s1)NCCOc1ccc(OC)cc1. The van der Waals surface area contributed by atoms with Crippen molar-refractivity contribution in [2.45, 2.75) is 20.4 Å². The van der Waals surface area contributed by atoms with E-state index >= 15 is 0 Å². The number of rotatable bonds is 8.